The van der Waals surface area contributed by atoms with E-state index in [1.807, 2.05) is 121 Å². The predicted octanol–water partition coefficient (Wildman–Crippen LogP) is 6.01. The van der Waals surface area contributed by atoms with Gasteiger partial charge in [0, 0.05) is 17.5 Å². The molecular weight excluding hydrogens is 689 g/mol. The smallest absolute Gasteiger partial charge is 0.329 e. The summed E-state index contributed by atoms with van der Waals surface area (Å²) >= 11 is 1.40. The maximum atomic E-state index is 13.6. The Morgan fingerprint density at radius 2 is 1.16 bits per heavy atom. The van der Waals surface area contributed by atoms with E-state index in [2.05, 4.69) is 4.98 Å². The summed E-state index contributed by atoms with van der Waals surface area (Å²) in [5, 5.41) is -0.836. The number of rotatable bonds is 19. The number of thioether (sulfide) groups is 1. The molecular formula is C39H42N2O8S2. The van der Waals surface area contributed by atoms with Crippen molar-refractivity contribution in [2.24, 2.45) is 0 Å². The minimum absolute atomic E-state index is 0.0780. The quantitative estimate of drug-likeness (QED) is 0.102. The Hall–Kier alpha value is -4.30. The summed E-state index contributed by atoms with van der Waals surface area (Å²) in [4.78, 5) is 28.6. The van der Waals surface area contributed by atoms with E-state index >= 15 is 0 Å². The standard InChI is InChI=1S/C39H42N2O8S2/c1-29-23-41(39(43)40-37(29)42)38(50-28-33-21-13-6-14-22-33)36(48-26-32-19-11-5-12-20-32)35(47-25-31-17-9-4-10-18-31)34(49-51(2,44)45)27-46-24-30-15-7-3-8-16-30/h3-23,34-36,38H,24-28H2,1-2H3,(H,40,42,43)/t34-,35+,36-,38+/m1/s1. The highest BCUT2D eigenvalue weighted by molar-refractivity contribution is 7.98. The van der Waals surface area contributed by atoms with Crippen LogP contribution in [-0.2, 0) is 54.1 Å². The first-order valence-corrected chi connectivity index (χ1v) is 19.3. The predicted molar refractivity (Wildman–Crippen MR) is 199 cm³/mol. The lowest BCUT2D eigenvalue weighted by atomic mass is 10.1. The van der Waals surface area contributed by atoms with E-state index in [1.165, 1.54) is 22.5 Å². The van der Waals surface area contributed by atoms with Gasteiger partial charge in [0.2, 0.25) is 0 Å². The van der Waals surface area contributed by atoms with Crippen LogP contribution in [-0.4, -0.2) is 49.1 Å². The molecule has 0 saturated carbocycles. The fourth-order valence-corrected chi connectivity index (χ4v) is 7.33. The number of aryl methyl sites for hydroxylation is 1. The van der Waals surface area contributed by atoms with Gasteiger partial charge in [-0.3, -0.25) is 18.5 Å². The molecule has 0 aliphatic heterocycles. The molecule has 1 N–H and O–H groups in total. The topological polar surface area (TPSA) is 126 Å². The summed E-state index contributed by atoms with van der Waals surface area (Å²) < 4.78 is 52.4. The Morgan fingerprint density at radius 3 is 1.67 bits per heavy atom. The van der Waals surface area contributed by atoms with Gasteiger partial charge in [-0.15, -0.1) is 11.8 Å². The van der Waals surface area contributed by atoms with Gasteiger partial charge in [-0.05, 0) is 29.2 Å². The number of hydrogen-bond donors (Lipinski definition) is 1. The molecule has 51 heavy (non-hydrogen) atoms. The van der Waals surface area contributed by atoms with Crippen LogP contribution >= 0.6 is 11.8 Å². The van der Waals surface area contributed by atoms with Gasteiger partial charge in [0.15, 0.2) is 0 Å². The second kappa shape index (κ2) is 18.8. The first kappa shape index (κ1) is 37.9. The minimum Gasteiger partial charge on any atom is -0.374 e. The maximum absolute atomic E-state index is 13.6. The summed E-state index contributed by atoms with van der Waals surface area (Å²) in [6.07, 6.45) is -0.852. The van der Waals surface area contributed by atoms with Crippen molar-refractivity contribution >= 4 is 21.9 Å². The van der Waals surface area contributed by atoms with Gasteiger partial charge in [-0.25, -0.2) is 4.79 Å². The normalized spacial score (nSPS) is 14.1. The van der Waals surface area contributed by atoms with Crippen molar-refractivity contribution in [2.75, 3.05) is 12.9 Å². The molecule has 0 fully saturated rings. The van der Waals surface area contributed by atoms with Crippen molar-refractivity contribution in [2.45, 2.75) is 56.2 Å². The third-order valence-electron chi connectivity index (χ3n) is 7.92. The van der Waals surface area contributed by atoms with Crippen molar-refractivity contribution < 1.29 is 26.8 Å². The third kappa shape index (κ3) is 11.9. The summed E-state index contributed by atoms with van der Waals surface area (Å²) in [5.41, 5.74) is 2.72. The molecule has 0 spiro atoms. The second-order valence-electron chi connectivity index (χ2n) is 12.0. The van der Waals surface area contributed by atoms with Crippen molar-refractivity contribution in [3.63, 3.8) is 0 Å². The van der Waals surface area contributed by atoms with Gasteiger partial charge < -0.3 is 14.2 Å². The highest BCUT2D eigenvalue weighted by atomic mass is 32.2. The van der Waals surface area contributed by atoms with Crippen LogP contribution in [0.25, 0.3) is 0 Å². The van der Waals surface area contributed by atoms with Gasteiger partial charge in [-0.1, -0.05) is 121 Å². The minimum atomic E-state index is -4.05. The molecule has 0 unspecified atom stereocenters. The zero-order valence-corrected chi connectivity index (χ0v) is 30.1. The van der Waals surface area contributed by atoms with Gasteiger partial charge in [0.25, 0.3) is 15.7 Å². The molecule has 5 aromatic rings. The third-order valence-corrected chi connectivity index (χ3v) is 9.85. The van der Waals surface area contributed by atoms with Gasteiger partial charge >= 0.3 is 5.69 Å². The molecule has 0 amide bonds. The number of benzene rings is 4. The lowest BCUT2D eigenvalue weighted by Gasteiger charge is -2.37. The molecule has 1 aromatic heterocycles. The van der Waals surface area contributed by atoms with Crippen LogP contribution < -0.4 is 11.2 Å². The number of aromatic nitrogens is 2. The van der Waals surface area contributed by atoms with Crippen LogP contribution in [0.15, 0.2) is 137 Å². The Bertz CT molecular complexity index is 2010. The number of ether oxygens (including phenoxy) is 3. The number of nitrogens with one attached hydrogen (secondary N) is 1. The van der Waals surface area contributed by atoms with Gasteiger partial charge in [0.1, 0.15) is 23.7 Å². The fourth-order valence-electron chi connectivity index (χ4n) is 5.42. The van der Waals surface area contributed by atoms with Crippen molar-refractivity contribution in [3.05, 3.63) is 176 Å². The van der Waals surface area contributed by atoms with Crippen molar-refractivity contribution in [1.82, 2.24) is 9.55 Å². The van der Waals surface area contributed by atoms with E-state index in [-0.39, 0.29) is 26.4 Å². The monoisotopic (exact) mass is 730 g/mol. The largest absolute Gasteiger partial charge is 0.374 e. The molecule has 4 atom stereocenters. The van der Waals surface area contributed by atoms with E-state index in [0.29, 0.717) is 11.3 Å². The highest BCUT2D eigenvalue weighted by Crippen LogP contribution is 2.36. The van der Waals surface area contributed by atoms with E-state index in [4.69, 9.17) is 18.4 Å². The molecule has 0 saturated heterocycles. The van der Waals surface area contributed by atoms with Gasteiger partial charge in [-0.2, -0.15) is 8.42 Å². The molecule has 0 aliphatic carbocycles. The molecule has 0 radical (unpaired) electrons. The Kier molecular flexibility index (Phi) is 14.0. The molecule has 4 aromatic carbocycles. The molecule has 1 heterocycles. The first-order valence-electron chi connectivity index (χ1n) is 16.4. The Balaban J connectivity index is 1.61. The number of nitrogens with zero attached hydrogens (tertiary/aromatic N) is 1. The SMILES string of the molecule is Cc1cn([C@@H](SCc2ccccc2)[C@H](OCc2ccccc2)[C@@H](OCc2ccccc2)[C@@H](COCc2ccccc2)OS(C)(=O)=O)c(=O)[nH]c1=O. The fraction of sp³-hybridized carbons (Fsp3) is 0.282. The summed E-state index contributed by atoms with van der Waals surface area (Å²) in [6, 6.07) is 38.1. The summed E-state index contributed by atoms with van der Waals surface area (Å²) in [7, 11) is -4.05. The zero-order chi connectivity index (χ0) is 36.1. The van der Waals surface area contributed by atoms with E-state index in [9.17, 15) is 18.0 Å². The maximum Gasteiger partial charge on any atom is 0.329 e. The number of aromatic amines is 1. The summed E-state index contributed by atoms with van der Waals surface area (Å²) in [6.45, 7) is 1.81. The van der Waals surface area contributed by atoms with Crippen LogP contribution in [0.2, 0.25) is 0 Å². The van der Waals surface area contributed by atoms with Crippen molar-refractivity contribution in [1.29, 1.82) is 0 Å². The first-order chi connectivity index (χ1) is 24.7. The molecule has 268 valence electrons. The van der Waals surface area contributed by atoms with Crippen LogP contribution in [0, 0.1) is 6.92 Å². The summed E-state index contributed by atoms with van der Waals surface area (Å²) in [5.74, 6) is 0.453. The Morgan fingerprint density at radius 1 is 0.686 bits per heavy atom. The Labute approximate surface area is 302 Å². The van der Waals surface area contributed by atoms with E-state index < -0.39 is 45.1 Å². The molecule has 5 rings (SSSR count). The number of H-pyrrole nitrogens is 1. The van der Waals surface area contributed by atoms with E-state index in [1.54, 1.807) is 6.92 Å². The van der Waals surface area contributed by atoms with E-state index in [0.717, 1.165) is 28.5 Å². The van der Waals surface area contributed by atoms with Crippen LogP contribution in [0.3, 0.4) is 0 Å². The zero-order valence-electron chi connectivity index (χ0n) is 28.5. The number of hydrogen-bond acceptors (Lipinski definition) is 9. The van der Waals surface area contributed by atoms with Crippen LogP contribution in [0.5, 0.6) is 0 Å². The molecule has 0 aliphatic rings. The average Bonchev–Trinajstić information content (AvgIpc) is 3.13. The van der Waals surface area contributed by atoms with Crippen LogP contribution in [0.4, 0.5) is 0 Å². The lowest BCUT2D eigenvalue weighted by molar-refractivity contribution is -0.144. The molecule has 0 bridgehead atoms. The highest BCUT2D eigenvalue weighted by Gasteiger charge is 2.41. The second-order valence-corrected chi connectivity index (χ2v) is 14.7. The molecule has 12 heteroatoms. The van der Waals surface area contributed by atoms with Gasteiger partial charge in [0.05, 0.1) is 32.7 Å². The average molecular weight is 731 g/mol. The van der Waals surface area contributed by atoms with Crippen molar-refractivity contribution in [3.8, 4) is 0 Å². The molecule has 10 nitrogen and oxygen atoms in total. The lowest BCUT2D eigenvalue weighted by Crippen LogP contribution is -2.50. The van der Waals surface area contributed by atoms with Crippen LogP contribution in [0.1, 0.15) is 33.2 Å².